The molecule has 8 heteroatoms. The molecule has 0 radical (unpaired) electrons. The Kier molecular flexibility index (Phi) is 5.28. The first kappa shape index (κ1) is 19.2. The Morgan fingerprint density at radius 2 is 1.13 bits per heavy atom. The molecule has 0 spiro atoms. The van der Waals surface area contributed by atoms with Gasteiger partial charge in [0.2, 0.25) is 0 Å². The Hall–Kier alpha value is -3.78. The average molecular weight is 413 g/mol. The van der Waals surface area contributed by atoms with Crippen LogP contribution >= 0.6 is 0 Å². The standard InChI is InChI=1S/C23H23N7O/c1-31-19-12-10-18(11-13-19)14-15-28(16-29-24-20-6-2-3-7-21(20)25-29)17-30-26-22-8-4-5-9-23(22)27-30/h2-13H,14-17H2,1H3. The molecule has 0 bridgehead atoms. The van der Waals surface area contributed by atoms with E-state index in [4.69, 9.17) is 4.74 Å². The van der Waals surface area contributed by atoms with E-state index >= 15 is 0 Å². The van der Waals surface area contributed by atoms with Crippen LogP contribution in [0.3, 0.4) is 0 Å². The van der Waals surface area contributed by atoms with Crippen LogP contribution in [0.5, 0.6) is 5.75 Å². The van der Waals surface area contributed by atoms with Gasteiger partial charge in [-0.2, -0.15) is 30.0 Å². The number of rotatable bonds is 8. The number of ether oxygens (including phenoxy) is 1. The molecule has 0 aliphatic carbocycles. The lowest BCUT2D eigenvalue weighted by Gasteiger charge is -2.20. The number of hydrogen-bond donors (Lipinski definition) is 0. The van der Waals surface area contributed by atoms with Gasteiger partial charge >= 0.3 is 0 Å². The summed E-state index contributed by atoms with van der Waals surface area (Å²) in [6.07, 6.45) is 0.881. The molecule has 3 aromatic carbocycles. The van der Waals surface area contributed by atoms with Gasteiger partial charge in [-0.3, -0.25) is 4.90 Å². The van der Waals surface area contributed by atoms with Gasteiger partial charge in [0.1, 0.15) is 41.2 Å². The Bertz CT molecular complexity index is 1150. The first-order valence-electron chi connectivity index (χ1n) is 10.2. The van der Waals surface area contributed by atoms with Gasteiger partial charge < -0.3 is 4.74 Å². The van der Waals surface area contributed by atoms with E-state index in [2.05, 4.69) is 37.4 Å². The fourth-order valence-electron chi connectivity index (χ4n) is 3.56. The molecule has 0 fully saturated rings. The van der Waals surface area contributed by atoms with Gasteiger partial charge in [0.15, 0.2) is 0 Å². The molecule has 0 aliphatic heterocycles. The highest BCUT2D eigenvalue weighted by molar-refractivity contribution is 5.73. The van der Waals surface area contributed by atoms with Crippen molar-refractivity contribution >= 4 is 22.1 Å². The zero-order valence-corrected chi connectivity index (χ0v) is 17.3. The zero-order valence-electron chi connectivity index (χ0n) is 17.3. The predicted octanol–water partition coefficient (Wildman–Crippen LogP) is 3.34. The summed E-state index contributed by atoms with van der Waals surface area (Å²) in [7, 11) is 1.68. The van der Waals surface area contributed by atoms with Crippen LogP contribution in [0, 0.1) is 0 Å². The first-order chi connectivity index (χ1) is 15.3. The van der Waals surface area contributed by atoms with Crippen LogP contribution in [-0.4, -0.2) is 48.5 Å². The SMILES string of the molecule is COc1ccc(CCN(Cn2nc3ccccc3n2)Cn2nc3ccccc3n2)cc1. The third-order valence-corrected chi connectivity index (χ3v) is 5.18. The molecule has 156 valence electrons. The van der Waals surface area contributed by atoms with E-state index in [9.17, 15) is 0 Å². The van der Waals surface area contributed by atoms with Gasteiger partial charge in [0.25, 0.3) is 0 Å². The third-order valence-electron chi connectivity index (χ3n) is 5.18. The number of nitrogens with zero attached hydrogens (tertiary/aromatic N) is 7. The first-order valence-corrected chi connectivity index (χ1v) is 10.2. The second kappa shape index (κ2) is 8.53. The highest BCUT2D eigenvalue weighted by Gasteiger charge is 2.12. The summed E-state index contributed by atoms with van der Waals surface area (Å²) in [5.74, 6) is 0.862. The van der Waals surface area contributed by atoms with Crippen LogP contribution < -0.4 is 4.74 Å². The van der Waals surface area contributed by atoms with E-state index in [0.29, 0.717) is 13.3 Å². The van der Waals surface area contributed by atoms with E-state index in [-0.39, 0.29) is 0 Å². The Morgan fingerprint density at radius 3 is 1.55 bits per heavy atom. The largest absolute Gasteiger partial charge is 0.497 e. The lowest BCUT2D eigenvalue weighted by molar-refractivity contribution is 0.137. The number of hydrogen-bond acceptors (Lipinski definition) is 6. The number of aromatic nitrogens is 6. The van der Waals surface area contributed by atoms with E-state index in [1.165, 1.54) is 5.56 Å². The van der Waals surface area contributed by atoms with E-state index in [1.807, 2.05) is 60.7 Å². The number of fused-ring (bicyclic) bond motifs is 2. The van der Waals surface area contributed by atoms with Gasteiger partial charge in [-0.05, 0) is 48.4 Å². The molecule has 2 heterocycles. The summed E-state index contributed by atoms with van der Waals surface area (Å²) < 4.78 is 5.26. The summed E-state index contributed by atoms with van der Waals surface area (Å²) in [6.45, 7) is 1.90. The molecule has 2 aromatic heterocycles. The summed E-state index contributed by atoms with van der Waals surface area (Å²) in [5, 5.41) is 18.4. The minimum absolute atomic E-state index is 0.544. The minimum Gasteiger partial charge on any atom is -0.497 e. The normalized spacial score (nSPS) is 11.5. The maximum atomic E-state index is 5.26. The zero-order chi connectivity index (χ0) is 21.0. The molecule has 0 saturated carbocycles. The van der Waals surface area contributed by atoms with Gasteiger partial charge in [-0.15, -0.1) is 0 Å². The molecular formula is C23H23N7O. The minimum atomic E-state index is 0.544. The Labute approximate surface area is 179 Å². The molecule has 0 aliphatic rings. The molecule has 0 N–H and O–H groups in total. The third kappa shape index (κ3) is 4.39. The summed E-state index contributed by atoms with van der Waals surface area (Å²) in [4.78, 5) is 5.71. The molecule has 0 saturated heterocycles. The Balaban J connectivity index is 1.36. The molecule has 0 atom stereocenters. The summed E-state index contributed by atoms with van der Waals surface area (Å²) >= 11 is 0. The Morgan fingerprint density at radius 1 is 0.677 bits per heavy atom. The van der Waals surface area contributed by atoms with Crippen molar-refractivity contribution in [2.75, 3.05) is 13.7 Å². The van der Waals surface area contributed by atoms with Crippen molar-refractivity contribution in [3.05, 3.63) is 78.4 Å². The smallest absolute Gasteiger partial charge is 0.118 e. The molecule has 0 amide bonds. The molecule has 0 unspecified atom stereocenters. The highest BCUT2D eigenvalue weighted by atomic mass is 16.5. The maximum Gasteiger partial charge on any atom is 0.118 e. The van der Waals surface area contributed by atoms with Gasteiger partial charge in [0, 0.05) is 6.54 Å². The van der Waals surface area contributed by atoms with E-state index in [1.54, 1.807) is 16.7 Å². The van der Waals surface area contributed by atoms with Crippen LogP contribution in [0.15, 0.2) is 72.8 Å². The second-order valence-electron chi connectivity index (χ2n) is 7.40. The van der Waals surface area contributed by atoms with Crippen molar-refractivity contribution in [3.63, 3.8) is 0 Å². The maximum absolute atomic E-state index is 5.26. The van der Waals surface area contributed by atoms with Gasteiger partial charge in [0.05, 0.1) is 7.11 Å². The number of benzene rings is 3. The molecule has 31 heavy (non-hydrogen) atoms. The van der Waals surface area contributed by atoms with Crippen LogP contribution in [-0.2, 0) is 19.8 Å². The lowest BCUT2D eigenvalue weighted by Crippen LogP contribution is -2.32. The molecule has 5 aromatic rings. The fraction of sp³-hybridized carbons (Fsp3) is 0.217. The average Bonchev–Trinajstić information content (AvgIpc) is 3.40. The lowest BCUT2D eigenvalue weighted by atomic mass is 10.1. The second-order valence-corrected chi connectivity index (χ2v) is 7.40. The number of methoxy groups -OCH3 is 1. The monoisotopic (exact) mass is 413 g/mol. The van der Waals surface area contributed by atoms with Crippen molar-refractivity contribution in [2.45, 2.75) is 19.8 Å². The van der Waals surface area contributed by atoms with Crippen LogP contribution in [0.2, 0.25) is 0 Å². The molecular weight excluding hydrogens is 390 g/mol. The summed E-state index contributed by atoms with van der Waals surface area (Å²) in [5.41, 5.74) is 4.80. The van der Waals surface area contributed by atoms with Gasteiger partial charge in [-0.25, -0.2) is 0 Å². The summed E-state index contributed by atoms with van der Waals surface area (Å²) in [6, 6.07) is 24.0. The predicted molar refractivity (Wildman–Crippen MR) is 118 cm³/mol. The quantitative estimate of drug-likeness (QED) is 0.388. The van der Waals surface area contributed by atoms with Crippen molar-refractivity contribution in [3.8, 4) is 5.75 Å². The van der Waals surface area contributed by atoms with E-state index in [0.717, 1.165) is 40.8 Å². The molecule has 8 nitrogen and oxygen atoms in total. The van der Waals surface area contributed by atoms with Crippen molar-refractivity contribution in [2.24, 2.45) is 0 Å². The van der Waals surface area contributed by atoms with Crippen LogP contribution in [0.1, 0.15) is 5.56 Å². The van der Waals surface area contributed by atoms with Crippen molar-refractivity contribution in [1.82, 2.24) is 34.9 Å². The topological polar surface area (TPSA) is 73.9 Å². The van der Waals surface area contributed by atoms with Crippen LogP contribution in [0.25, 0.3) is 22.1 Å². The van der Waals surface area contributed by atoms with E-state index < -0.39 is 0 Å². The van der Waals surface area contributed by atoms with Gasteiger partial charge in [-0.1, -0.05) is 36.4 Å². The molecule has 5 rings (SSSR count). The highest BCUT2D eigenvalue weighted by Crippen LogP contribution is 2.14. The van der Waals surface area contributed by atoms with Crippen LogP contribution in [0.4, 0.5) is 0 Å². The van der Waals surface area contributed by atoms with Crippen molar-refractivity contribution < 1.29 is 4.74 Å². The fourth-order valence-corrected chi connectivity index (χ4v) is 3.56. The van der Waals surface area contributed by atoms with Crippen molar-refractivity contribution in [1.29, 1.82) is 0 Å².